The molecule has 0 amide bonds. The molecule has 0 unspecified atom stereocenters. The summed E-state index contributed by atoms with van der Waals surface area (Å²) in [4.78, 5) is 29.3. The Morgan fingerprint density at radius 3 is 3.00 bits per heavy atom. The van der Waals surface area contributed by atoms with E-state index >= 15 is 0 Å². The number of nitrogens with zero attached hydrogens (tertiary/aromatic N) is 1. The third-order valence-electron chi connectivity index (χ3n) is 2.19. The van der Waals surface area contributed by atoms with Gasteiger partial charge in [0, 0.05) is 0 Å². The van der Waals surface area contributed by atoms with E-state index in [9.17, 15) is 9.59 Å². The van der Waals surface area contributed by atoms with E-state index < -0.39 is 5.97 Å². The zero-order chi connectivity index (χ0) is 12.4. The Labute approximate surface area is 101 Å². The second-order valence-electron chi connectivity index (χ2n) is 3.31. The minimum atomic E-state index is -0.451. The lowest BCUT2D eigenvalue weighted by molar-refractivity contribution is 0.0526. The standard InChI is InChI=1S/C11H9ClN2O3/c1-2-17-10(16)6-3-4-7-8(5-6)13-11(12)14-9(7)15/h3-5H,2H2,1H3,(H,13,14,15). The molecule has 0 saturated carbocycles. The predicted octanol–water partition coefficient (Wildman–Crippen LogP) is 1.75. The van der Waals surface area contributed by atoms with Gasteiger partial charge in [-0.05, 0) is 36.7 Å². The first-order chi connectivity index (χ1) is 8.11. The molecule has 1 heterocycles. The largest absolute Gasteiger partial charge is 0.462 e. The Bertz CT molecular complexity index is 636. The highest BCUT2D eigenvalue weighted by molar-refractivity contribution is 6.28. The van der Waals surface area contributed by atoms with Gasteiger partial charge in [-0.2, -0.15) is 0 Å². The molecule has 0 aliphatic heterocycles. The van der Waals surface area contributed by atoms with Gasteiger partial charge in [0.15, 0.2) is 0 Å². The zero-order valence-electron chi connectivity index (χ0n) is 8.99. The Hall–Kier alpha value is -1.88. The Morgan fingerprint density at radius 2 is 2.29 bits per heavy atom. The van der Waals surface area contributed by atoms with E-state index in [1.165, 1.54) is 18.2 Å². The first kappa shape index (κ1) is 11.6. The third kappa shape index (κ3) is 2.29. The fraction of sp³-hybridized carbons (Fsp3) is 0.182. The molecule has 0 radical (unpaired) electrons. The van der Waals surface area contributed by atoms with Gasteiger partial charge in [-0.15, -0.1) is 0 Å². The van der Waals surface area contributed by atoms with Crippen LogP contribution in [0.3, 0.4) is 0 Å². The molecule has 0 spiro atoms. The Morgan fingerprint density at radius 1 is 1.53 bits per heavy atom. The highest BCUT2D eigenvalue weighted by Crippen LogP contribution is 2.12. The van der Waals surface area contributed by atoms with Crippen molar-refractivity contribution in [3.05, 3.63) is 39.4 Å². The van der Waals surface area contributed by atoms with Crippen molar-refractivity contribution in [1.29, 1.82) is 0 Å². The number of benzene rings is 1. The van der Waals surface area contributed by atoms with E-state index in [1.54, 1.807) is 6.92 Å². The number of fused-ring (bicyclic) bond motifs is 1. The molecule has 0 bridgehead atoms. The number of H-pyrrole nitrogens is 1. The first-order valence-electron chi connectivity index (χ1n) is 4.98. The number of ether oxygens (including phenoxy) is 1. The number of esters is 1. The van der Waals surface area contributed by atoms with Crippen molar-refractivity contribution in [2.75, 3.05) is 6.61 Å². The van der Waals surface area contributed by atoms with Crippen LogP contribution in [0.2, 0.25) is 5.28 Å². The first-order valence-corrected chi connectivity index (χ1v) is 5.36. The van der Waals surface area contributed by atoms with Crippen LogP contribution >= 0.6 is 11.6 Å². The maximum Gasteiger partial charge on any atom is 0.338 e. The molecule has 1 aromatic heterocycles. The molecule has 0 saturated heterocycles. The summed E-state index contributed by atoms with van der Waals surface area (Å²) in [6.45, 7) is 2.01. The zero-order valence-corrected chi connectivity index (χ0v) is 9.75. The summed E-state index contributed by atoms with van der Waals surface area (Å²) < 4.78 is 4.85. The topological polar surface area (TPSA) is 72.1 Å². The number of nitrogens with one attached hydrogen (secondary N) is 1. The highest BCUT2D eigenvalue weighted by atomic mass is 35.5. The molecule has 2 aromatic rings. The SMILES string of the molecule is CCOC(=O)c1ccc2c(=O)[nH]c(Cl)nc2c1. The maximum atomic E-state index is 11.5. The summed E-state index contributed by atoms with van der Waals surface area (Å²) in [6.07, 6.45) is 0. The van der Waals surface area contributed by atoms with E-state index in [-0.39, 0.29) is 10.8 Å². The van der Waals surface area contributed by atoms with E-state index in [4.69, 9.17) is 16.3 Å². The molecule has 5 nitrogen and oxygen atoms in total. The molecule has 1 N–H and O–H groups in total. The minimum Gasteiger partial charge on any atom is -0.462 e. The number of aromatic amines is 1. The molecule has 88 valence electrons. The second kappa shape index (κ2) is 4.55. The van der Waals surface area contributed by atoms with Crippen LogP contribution in [0, 0.1) is 0 Å². The van der Waals surface area contributed by atoms with Crippen molar-refractivity contribution in [1.82, 2.24) is 9.97 Å². The summed E-state index contributed by atoms with van der Waals surface area (Å²) in [5.74, 6) is -0.451. The van der Waals surface area contributed by atoms with Gasteiger partial charge >= 0.3 is 5.97 Å². The van der Waals surface area contributed by atoms with Crippen molar-refractivity contribution in [3.63, 3.8) is 0 Å². The average Bonchev–Trinajstić information content (AvgIpc) is 2.28. The monoisotopic (exact) mass is 252 g/mol. The number of hydrogen-bond acceptors (Lipinski definition) is 4. The lowest BCUT2D eigenvalue weighted by atomic mass is 10.1. The molecule has 6 heteroatoms. The molecule has 2 rings (SSSR count). The molecule has 17 heavy (non-hydrogen) atoms. The number of hydrogen-bond donors (Lipinski definition) is 1. The normalized spacial score (nSPS) is 10.5. The number of aromatic nitrogens is 2. The molecule has 0 aliphatic carbocycles. The fourth-order valence-electron chi connectivity index (χ4n) is 1.45. The van der Waals surface area contributed by atoms with Crippen LogP contribution in [0.25, 0.3) is 10.9 Å². The summed E-state index contributed by atoms with van der Waals surface area (Å²) >= 11 is 5.63. The predicted molar refractivity (Wildman–Crippen MR) is 63.3 cm³/mol. The van der Waals surface area contributed by atoms with Crippen molar-refractivity contribution in [2.24, 2.45) is 0 Å². The van der Waals surface area contributed by atoms with Crippen LogP contribution in [0.4, 0.5) is 0 Å². The number of rotatable bonds is 2. The highest BCUT2D eigenvalue weighted by Gasteiger charge is 2.09. The van der Waals surface area contributed by atoms with Crippen molar-refractivity contribution in [3.8, 4) is 0 Å². The fourth-order valence-corrected chi connectivity index (χ4v) is 1.63. The third-order valence-corrected chi connectivity index (χ3v) is 2.37. The summed E-state index contributed by atoms with van der Waals surface area (Å²) in [6, 6.07) is 4.52. The van der Waals surface area contributed by atoms with Crippen LogP contribution in [0.5, 0.6) is 0 Å². The molecular weight excluding hydrogens is 244 g/mol. The summed E-state index contributed by atoms with van der Waals surface area (Å²) in [7, 11) is 0. The number of halogens is 1. The second-order valence-corrected chi connectivity index (χ2v) is 3.67. The Kier molecular flexibility index (Phi) is 3.10. The van der Waals surface area contributed by atoms with Crippen molar-refractivity contribution >= 4 is 28.5 Å². The maximum absolute atomic E-state index is 11.5. The van der Waals surface area contributed by atoms with E-state index in [0.717, 1.165) is 0 Å². The van der Waals surface area contributed by atoms with Crippen LogP contribution < -0.4 is 5.56 Å². The van der Waals surface area contributed by atoms with Gasteiger partial charge in [-0.3, -0.25) is 9.78 Å². The lowest BCUT2D eigenvalue weighted by Crippen LogP contribution is -2.10. The van der Waals surface area contributed by atoms with Crippen LogP contribution in [-0.2, 0) is 4.74 Å². The molecule has 0 fully saturated rings. The average molecular weight is 253 g/mol. The summed E-state index contributed by atoms with van der Waals surface area (Å²) in [5, 5.41) is 0.367. The molecule has 0 aliphatic rings. The van der Waals surface area contributed by atoms with Crippen LogP contribution in [0.1, 0.15) is 17.3 Å². The number of carbonyl (C=O) groups excluding carboxylic acids is 1. The van der Waals surface area contributed by atoms with Gasteiger partial charge in [-0.1, -0.05) is 0 Å². The molecule has 1 aromatic carbocycles. The van der Waals surface area contributed by atoms with Gasteiger partial charge in [0.05, 0.1) is 23.1 Å². The van der Waals surface area contributed by atoms with Gasteiger partial charge in [0.25, 0.3) is 5.56 Å². The van der Waals surface area contributed by atoms with Gasteiger partial charge in [0.1, 0.15) is 0 Å². The quantitative estimate of drug-likeness (QED) is 0.653. The van der Waals surface area contributed by atoms with Gasteiger partial charge in [0.2, 0.25) is 5.28 Å². The van der Waals surface area contributed by atoms with E-state index in [2.05, 4.69) is 9.97 Å². The smallest absolute Gasteiger partial charge is 0.338 e. The van der Waals surface area contributed by atoms with Gasteiger partial charge in [-0.25, -0.2) is 9.78 Å². The van der Waals surface area contributed by atoms with Crippen LogP contribution in [0.15, 0.2) is 23.0 Å². The van der Waals surface area contributed by atoms with Crippen molar-refractivity contribution in [2.45, 2.75) is 6.92 Å². The van der Waals surface area contributed by atoms with E-state index in [0.29, 0.717) is 23.1 Å². The van der Waals surface area contributed by atoms with E-state index in [1.807, 2.05) is 0 Å². The molecular formula is C11H9ClN2O3. The van der Waals surface area contributed by atoms with Crippen molar-refractivity contribution < 1.29 is 9.53 Å². The molecule has 0 atom stereocenters. The van der Waals surface area contributed by atoms with Crippen LogP contribution in [-0.4, -0.2) is 22.5 Å². The van der Waals surface area contributed by atoms with Gasteiger partial charge < -0.3 is 4.74 Å². The summed E-state index contributed by atoms with van der Waals surface area (Å²) in [5.41, 5.74) is 0.369. The lowest BCUT2D eigenvalue weighted by Gasteiger charge is -2.02. The minimum absolute atomic E-state index is 0.0106. The number of carbonyl (C=O) groups is 1. The Balaban J connectivity index is 2.58.